The maximum absolute atomic E-state index is 13.4. The van der Waals surface area contributed by atoms with Gasteiger partial charge < -0.3 is 5.32 Å². The van der Waals surface area contributed by atoms with E-state index in [-0.39, 0.29) is 23.4 Å². The molecule has 1 atom stereocenters. The predicted octanol–water partition coefficient (Wildman–Crippen LogP) is 4.90. The van der Waals surface area contributed by atoms with Crippen LogP contribution in [0.2, 0.25) is 5.02 Å². The number of rotatable bonds is 7. The van der Waals surface area contributed by atoms with Crippen LogP contribution in [0.1, 0.15) is 36.1 Å². The van der Waals surface area contributed by atoms with Crippen molar-refractivity contribution in [1.82, 2.24) is 5.32 Å². The number of sulfonamides is 1. The van der Waals surface area contributed by atoms with E-state index >= 15 is 0 Å². The number of hydrogen-bond donors (Lipinski definition) is 1. The number of benzene rings is 3. The second-order valence-electron chi connectivity index (χ2n) is 7.97. The minimum atomic E-state index is -3.96. The number of anilines is 1. The van der Waals surface area contributed by atoms with Crippen molar-refractivity contribution >= 4 is 33.2 Å². The Kier molecular flexibility index (Phi) is 6.53. The molecule has 0 bridgehead atoms. The molecular formula is C25H25ClN2O3S. The highest BCUT2D eigenvalue weighted by Crippen LogP contribution is 2.27. The molecule has 0 fully saturated rings. The molecule has 0 heterocycles. The second-order valence-corrected chi connectivity index (χ2v) is 10.3. The summed E-state index contributed by atoms with van der Waals surface area (Å²) in [4.78, 5) is 13.0. The number of nitrogens with zero attached hydrogens (tertiary/aromatic N) is 1. The first-order chi connectivity index (χ1) is 15.3. The van der Waals surface area contributed by atoms with Crippen LogP contribution in [-0.4, -0.2) is 20.9 Å². The van der Waals surface area contributed by atoms with Crippen molar-refractivity contribution in [3.05, 3.63) is 94.5 Å². The molecule has 0 saturated heterocycles. The number of aryl methyl sites for hydroxylation is 2. The minimum absolute atomic E-state index is 0.0743. The summed E-state index contributed by atoms with van der Waals surface area (Å²) >= 11 is 5.92. The maximum atomic E-state index is 13.4. The summed E-state index contributed by atoms with van der Waals surface area (Å²) < 4.78 is 27.9. The largest absolute Gasteiger partial charge is 0.348 e. The van der Waals surface area contributed by atoms with Gasteiger partial charge in [-0.3, -0.25) is 9.10 Å². The van der Waals surface area contributed by atoms with Crippen LogP contribution in [0.5, 0.6) is 0 Å². The standard InChI is InChI=1S/C25H25ClN2O3S/c1-18(20-11-10-19-6-5-7-21(19)16-20)27-25(29)17-28(23-8-3-2-4-9-23)32(30,31)24-14-12-22(26)13-15-24/h2-4,8-16,18H,5-7,17H2,1H3,(H,27,29)/t18-/m0/s1. The van der Waals surface area contributed by atoms with Crippen LogP contribution >= 0.6 is 11.6 Å². The summed E-state index contributed by atoms with van der Waals surface area (Å²) in [5.41, 5.74) is 4.14. The zero-order chi connectivity index (χ0) is 22.7. The monoisotopic (exact) mass is 468 g/mol. The van der Waals surface area contributed by atoms with Gasteiger partial charge in [0.05, 0.1) is 16.6 Å². The van der Waals surface area contributed by atoms with Crippen molar-refractivity contribution in [2.75, 3.05) is 10.8 Å². The van der Waals surface area contributed by atoms with E-state index in [9.17, 15) is 13.2 Å². The summed E-state index contributed by atoms with van der Waals surface area (Å²) in [6, 6.07) is 20.6. The van der Waals surface area contributed by atoms with Crippen LogP contribution in [0.25, 0.3) is 0 Å². The Morgan fingerprint density at radius 1 is 1.00 bits per heavy atom. The lowest BCUT2D eigenvalue weighted by Crippen LogP contribution is -2.41. The number of halogens is 1. The fourth-order valence-electron chi connectivity index (χ4n) is 4.01. The zero-order valence-electron chi connectivity index (χ0n) is 17.8. The fourth-order valence-corrected chi connectivity index (χ4v) is 5.55. The Hall–Kier alpha value is -2.83. The van der Waals surface area contributed by atoms with Crippen LogP contribution in [0.15, 0.2) is 77.7 Å². The molecule has 32 heavy (non-hydrogen) atoms. The topological polar surface area (TPSA) is 66.5 Å². The third kappa shape index (κ3) is 4.81. The molecule has 0 radical (unpaired) electrons. The molecule has 1 N–H and O–H groups in total. The van der Waals surface area contributed by atoms with Gasteiger partial charge in [-0.05, 0) is 79.3 Å². The quantitative estimate of drug-likeness (QED) is 0.536. The van der Waals surface area contributed by atoms with Gasteiger partial charge in [0.2, 0.25) is 5.91 Å². The highest BCUT2D eigenvalue weighted by molar-refractivity contribution is 7.92. The Bertz CT molecular complexity index is 1210. The van der Waals surface area contributed by atoms with Crippen molar-refractivity contribution in [2.24, 2.45) is 0 Å². The Labute approximate surface area is 194 Å². The van der Waals surface area contributed by atoms with Gasteiger partial charge in [0.15, 0.2) is 0 Å². The fraction of sp³-hybridized carbons (Fsp3) is 0.240. The summed E-state index contributed by atoms with van der Waals surface area (Å²) in [5, 5.41) is 3.39. The molecule has 3 aromatic rings. The normalized spacial score (nSPS) is 13.9. The van der Waals surface area contributed by atoms with Crippen LogP contribution in [0.3, 0.4) is 0 Å². The molecule has 1 amide bonds. The van der Waals surface area contributed by atoms with Crippen molar-refractivity contribution in [3.8, 4) is 0 Å². The van der Waals surface area contributed by atoms with E-state index in [1.807, 2.05) is 13.0 Å². The van der Waals surface area contributed by atoms with E-state index in [1.54, 1.807) is 30.3 Å². The molecule has 3 aromatic carbocycles. The Morgan fingerprint density at radius 2 is 1.69 bits per heavy atom. The molecule has 0 aliphatic heterocycles. The molecule has 0 unspecified atom stereocenters. The summed E-state index contributed by atoms with van der Waals surface area (Å²) in [6.45, 7) is 1.58. The predicted molar refractivity (Wildman–Crippen MR) is 127 cm³/mol. The molecule has 5 nitrogen and oxygen atoms in total. The zero-order valence-corrected chi connectivity index (χ0v) is 19.4. The van der Waals surface area contributed by atoms with Crippen molar-refractivity contribution in [2.45, 2.75) is 37.1 Å². The Morgan fingerprint density at radius 3 is 2.41 bits per heavy atom. The molecule has 1 aliphatic rings. The van der Waals surface area contributed by atoms with Crippen molar-refractivity contribution in [3.63, 3.8) is 0 Å². The third-order valence-corrected chi connectivity index (χ3v) is 7.77. The van der Waals surface area contributed by atoms with Crippen LogP contribution in [0.4, 0.5) is 5.69 Å². The molecule has 0 saturated carbocycles. The number of carbonyl (C=O) groups is 1. The summed E-state index contributed by atoms with van der Waals surface area (Å²) in [5.74, 6) is -0.376. The number of nitrogens with one attached hydrogen (secondary N) is 1. The van der Waals surface area contributed by atoms with Gasteiger partial charge in [0.1, 0.15) is 6.54 Å². The van der Waals surface area contributed by atoms with Gasteiger partial charge in [-0.15, -0.1) is 0 Å². The second kappa shape index (κ2) is 9.35. The smallest absolute Gasteiger partial charge is 0.264 e. The molecule has 4 rings (SSSR count). The van der Waals surface area contributed by atoms with E-state index in [0.29, 0.717) is 10.7 Å². The van der Waals surface area contributed by atoms with E-state index < -0.39 is 10.0 Å². The first kappa shape index (κ1) is 22.4. The first-order valence-corrected chi connectivity index (χ1v) is 12.4. The average molecular weight is 469 g/mol. The highest BCUT2D eigenvalue weighted by atomic mass is 35.5. The van der Waals surface area contributed by atoms with Gasteiger partial charge >= 0.3 is 0 Å². The van der Waals surface area contributed by atoms with E-state index in [1.165, 1.54) is 35.4 Å². The van der Waals surface area contributed by atoms with Crippen molar-refractivity contribution < 1.29 is 13.2 Å². The lowest BCUT2D eigenvalue weighted by Gasteiger charge is -2.25. The van der Waals surface area contributed by atoms with Gasteiger partial charge in [-0.25, -0.2) is 8.42 Å². The van der Waals surface area contributed by atoms with Crippen LogP contribution in [-0.2, 0) is 27.7 Å². The summed E-state index contributed by atoms with van der Waals surface area (Å²) in [6.07, 6.45) is 3.32. The van der Waals surface area contributed by atoms with Gasteiger partial charge in [0.25, 0.3) is 10.0 Å². The minimum Gasteiger partial charge on any atom is -0.348 e. The van der Waals surface area contributed by atoms with Crippen LogP contribution < -0.4 is 9.62 Å². The first-order valence-electron chi connectivity index (χ1n) is 10.6. The van der Waals surface area contributed by atoms with E-state index in [4.69, 9.17) is 11.6 Å². The van der Waals surface area contributed by atoms with Crippen LogP contribution in [0, 0.1) is 0 Å². The van der Waals surface area contributed by atoms with Gasteiger partial charge in [0, 0.05) is 5.02 Å². The highest BCUT2D eigenvalue weighted by Gasteiger charge is 2.27. The molecule has 0 aromatic heterocycles. The lowest BCUT2D eigenvalue weighted by molar-refractivity contribution is -0.120. The average Bonchev–Trinajstić information content (AvgIpc) is 3.26. The molecule has 1 aliphatic carbocycles. The van der Waals surface area contributed by atoms with Gasteiger partial charge in [-0.2, -0.15) is 0 Å². The molecule has 166 valence electrons. The maximum Gasteiger partial charge on any atom is 0.264 e. The van der Waals surface area contributed by atoms with E-state index in [2.05, 4.69) is 17.4 Å². The number of hydrogen-bond acceptors (Lipinski definition) is 3. The number of amides is 1. The molecular weight excluding hydrogens is 444 g/mol. The molecule has 7 heteroatoms. The molecule has 0 spiro atoms. The van der Waals surface area contributed by atoms with Gasteiger partial charge in [-0.1, -0.05) is 48.0 Å². The summed E-state index contributed by atoms with van der Waals surface area (Å²) in [7, 11) is -3.96. The number of fused-ring (bicyclic) bond motifs is 1. The number of para-hydroxylation sites is 1. The SMILES string of the molecule is C[C@H](NC(=O)CN(c1ccccc1)S(=O)(=O)c1ccc(Cl)cc1)c1ccc2c(c1)CCC2. The van der Waals surface area contributed by atoms with Crippen molar-refractivity contribution in [1.29, 1.82) is 0 Å². The lowest BCUT2D eigenvalue weighted by atomic mass is 10.0. The third-order valence-electron chi connectivity index (χ3n) is 5.73. The number of carbonyl (C=O) groups excluding carboxylic acids is 1. The Balaban J connectivity index is 1.56. The van der Waals surface area contributed by atoms with E-state index in [0.717, 1.165) is 29.1 Å².